The zero-order chi connectivity index (χ0) is 14.9. The van der Waals surface area contributed by atoms with Gasteiger partial charge in [0.15, 0.2) is 0 Å². The third-order valence-corrected chi connectivity index (χ3v) is 6.09. The van der Waals surface area contributed by atoms with E-state index in [4.69, 9.17) is 5.10 Å². The lowest BCUT2D eigenvalue weighted by Gasteiger charge is -2.04. The summed E-state index contributed by atoms with van der Waals surface area (Å²) >= 11 is 3.52. The van der Waals surface area contributed by atoms with E-state index in [9.17, 15) is 0 Å². The quantitative estimate of drug-likeness (QED) is 0.665. The molecule has 0 N–H and O–H groups in total. The molecule has 0 atom stereocenters. The van der Waals surface area contributed by atoms with Crippen molar-refractivity contribution in [1.82, 2.24) is 14.8 Å². The zero-order valence-corrected chi connectivity index (χ0v) is 14.1. The van der Waals surface area contributed by atoms with Gasteiger partial charge in [0.1, 0.15) is 4.34 Å². The minimum atomic E-state index is 0.912. The zero-order valence-electron chi connectivity index (χ0n) is 12.5. The molecule has 4 rings (SSSR count). The predicted octanol–water partition coefficient (Wildman–Crippen LogP) is 4.42. The summed E-state index contributed by atoms with van der Waals surface area (Å²) in [7, 11) is 0. The van der Waals surface area contributed by atoms with Crippen molar-refractivity contribution >= 4 is 23.1 Å². The Hall–Kier alpha value is -1.59. The third kappa shape index (κ3) is 2.59. The Labute approximate surface area is 138 Å². The molecule has 22 heavy (non-hydrogen) atoms. The molecule has 0 spiro atoms. The summed E-state index contributed by atoms with van der Waals surface area (Å²) in [6, 6.07) is 10.5. The van der Waals surface area contributed by atoms with Crippen LogP contribution in [0, 0.1) is 6.92 Å². The van der Waals surface area contributed by atoms with Crippen molar-refractivity contribution in [2.24, 2.45) is 0 Å². The average Bonchev–Trinajstić information content (AvgIpc) is 3.23. The molecule has 5 heteroatoms. The van der Waals surface area contributed by atoms with E-state index >= 15 is 0 Å². The van der Waals surface area contributed by atoms with Crippen molar-refractivity contribution in [2.75, 3.05) is 0 Å². The summed E-state index contributed by atoms with van der Waals surface area (Å²) in [5.74, 6) is 0.912. The van der Waals surface area contributed by atoms with Gasteiger partial charge < -0.3 is 0 Å². The van der Waals surface area contributed by atoms with Crippen LogP contribution < -0.4 is 0 Å². The lowest BCUT2D eigenvalue weighted by Crippen LogP contribution is -2.01. The van der Waals surface area contributed by atoms with Crippen molar-refractivity contribution in [1.29, 1.82) is 0 Å². The van der Waals surface area contributed by atoms with Gasteiger partial charge in [0.25, 0.3) is 0 Å². The van der Waals surface area contributed by atoms with Crippen LogP contribution in [-0.4, -0.2) is 14.8 Å². The minimum Gasteiger partial charge on any atom is -0.237 e. The molecule has 1 aliphatic rings. The van der Waals surface area contributed by atoms with Crippen LogP contribution in [0.1, 0.15) is 29.1 Å². The molecule has 1 aliphatic carbocycles. The predicted molar refractivity (Wildman–Crippen MR) is 92.0 cm³/mol. The van der Waals surface area contributed by atoms with Gasteiger partial charge in [-0.2, -0.15) is 5.10 Å². The summed E-state index contributed by atoms with van der Waals surface area (Å²) in [6.45, 7) is 2.04. The van der Waals surface area contributed by atoms with Crippen LogP contribution in [-0.2, 0) is 18.6 Å². The van der Waals surface area contributed by atoms with Crippen LogP contribution in [0.25, 0.3) is 5.69 Å². The van der Waals surface area contributed by atoms with Gasteiger partial charge in [-0.1, -0.05) is 30.0 Å². The number of thiazole rings is 1. The van der Waals surface area contributed by atoms with Gasteiger partial charge in [0.2, 0.25) is 0 Å². The lowest BCUT2D eigenvalue weighted by molar-refractivity contribution is 0.771. The summed E-state index contributed by atoms with van der Waals surface area (Å²) in [4.78, 5) is 4.53. The van der Waals surface area contributed by atoms with Crippen LogP contribution in [0.15, 0.2) is 40.1 Å². The second-order valence-electron chi connectivity index (χ2n) is 5.52. The number of hydrogen-bond donors (Lipinski definition) is 0. The maximum atomic E-state index is 4.90. The Morgan fingerprint density at radius 1 is 1.23 bits per heavy atom. The molecule has 0 fully saturated rings. The van der Waals surface area contributed by atoms with E-state index in [-0.39, 0.29) is 0 Å². The van der Waals surface area contributed by atoms with Crippen LogP contribution in [0.2, 0.25) is 0 Å². The molecule has 112 valence electrons. The highest BCUT2D eigenvalue weighted by Gasteiger charge is 2.23. The average molecular weight is 327 g/mol. The fourth-order valence-corrected chi connectivity index (χ4v) is 4.76. The van der Waals surface area contributed by atoms with Crippen LogP contribution in [0.5, 0.6) is 0 Å². The molecule has 0 radical (unpaired) electrons. The number of aromatic nitrogens is 3. The molecular weight excluding hydrogens is 310 g/mol. The Morgan fingerprint density at radius 2 is 2.09 bits per heavy atom. The van der Waals surface area contributed by atoms with Gasteiger partial charge in [-0.25, -0.2) is 9.67 Å². The Kier molecular flexibility index (Phi) is 3.76. The number of fused-ring (bicyclic) bond motifs is 1. The molecule has 2 heterocycles. The summed E-state index contributed by atoms with van der Waals surface area (Å²) in [5.41, 5.74) is 6.37. The molecule has 2 aromatic heterocycles. The number of para-hydroxylation sites is 1. The molecule has 0 amide bonds. The molecule has 0 saturated carbocycles. The molecule has 1 aromatic carbocycles. The van der Waals surface area contributed by atoms with E-state index in [0.717, 1.165) is 28.6 Å². The highest BCUT2D eigenvalue weighted by atomic mass is 32.2. The first kappa shape index (κ1) is 14.0. The van der Waals surface area contributed by atoms with Gasteiger partial charge in [-0.05, 0) is 43.9 Å². The maximum absolute atomic E-state index is 4.90. The Bertz CT molecular complexity index is 790. The molecule has 0 saturated heterocycles. The Balaban J connectivity index is 1.63. The smallest absolute Gasteiger partial charge is 0.150 e. The lowest BCUT2D eigenvalue weighted by atomic mass is 10.2. The standard InChI is InChI=1S/C17H17N3S2/c1-12-10-21-17(18-12)22-11-15-14-8-5-9-16(14)20(19-15)13-6-3-2-4-7-13/h2-4,6-7,10H,5,8-9,11H2,1H3. The largest absolute Gasteiger partial charge is 0.237 e. The van der Waals surface area contributed by atoms with Crippen molar-refractivity contribution in [3.8, 4) is 5.69 Å². The van der Waals surface area contributed by atoms with Gasteiger partial charge in [0.05, 0.1) is 11.4 Å². The number of thioether (sulfide) groups is 1. The number of rotatable bonds is 4. The van der Waals surface area contributed by atoms with Crippen molar-refractivity contribution in [3.05, 3.63) is 58.4 Å². The van der Waals surface area contributed by atoms with E-state index in [0.29, 0.717) is 0 Å². The topological polar surface area (TPSA) is 30.7 Å². The number of benzene rings is 1. The van der Waals surface area contributed by atoms with Crippen LogP contribution in [0.4, 0.5) is 0 Å². The summed E-state index contributed by atoms with van der Waals surface area (Å²) in [6.07, 6.45) is 3.54. The first-order valence-corrected chi connectivity index (χ1v) is 9.38. The molecule has 3 aromatic rings. The van der Waals surface area contributed by atoms with Gasteiger partial charge >= 0.3 is 0 Å². The van der Waals surface area contributed by atoms with Gasteiger partial charge in [0, 0.05) is 22.5 Å². The second kappa shape index (κ2) is 5.89. The maximum Gasteiger partial charge on any atom is 0.150 e. The SMILES string of the molecule is Cc1csc(SCc2nn(-c3ccccc3)c3c2CCC3)n1. The van der Waals surface area contributed by atoms with E-state index in [2.05, 4.69) is 45.4 Å². The Morgan fingerprint density at radius 3 is 2.86 bits per heavy atom. The second-order valence-corrected chi connectivity index (χ2v) is 7.60. The van der Waals surface area contributed by atoms with Crippen LogP contribution in [0.3, 0.4) is 0 Å². The first-order valence-electron chi connectivity index (χ1n) is 7.51. The summed E-state index contributed by atoms with van der Waals surface area (Å²) in [5, 5.41) is 7.00. The van der Waals surface area contributed by atoms with Crippen LogP contribution >= 0.6 is 23.1 Å². The number of hydrogen-bond acceptors (Lipinski definition) is 4. The highest BCUT2D eigenvalue weighted by molar-refractivity contribution is 8.00. The van der Waals surface area contributed by atoms with E-state index < -0.39 is 0 Å². The van der Waals surface area contributed by atoms with Gasteiger partial charge in [-0.3, -0.25) is 0 Å². The highest BCUT2D eigenvalue weighted by Crippen LogP contribution is 2.32. The number of aryl methyl sites for hydroxylation is 1. The molecule has 3 nitrogen and oxygen atoms in total. The third-order valence-electron chi connectivity index (χ3n) is 3.94. The van der Waals surface area contributed by atoms with E-state index in [1.54, 1.807) is 23.1 Å². The minimum absolute atomic E-state index is 0.912. The number of nitrogens with zero attached hydrogens (tertiary/aromatic N) is 3. The normalized spacial score (nSPS) is 13.5. The molecule has 0 aliphatic heterocycles. The van der Waals surface area contributed by atoms with E-state index in [1.807, 2.05) is 6.92 Å². The molecule has 0 bridgehead atoms. The fourth-order valence-electron chi connectivity index (χ4n) is 2.94. The van der Waals surface area contributed by atoms with E-state index in [1.165, 1.54) is 29.1 Å². The van der Waals surface area contributed by atoms with Gasteiger partial charge in [-0.15, -0.1) is 11.3 Å². The molecule has 0 unspecified atom stereocenters. The summed E-state index contributed by atoms with van der Waals surface area (Å²) < 4.78 is 3.28. The molecular formula is C17H17N3S2. The van der Waals surface area contributed by atoms with Crippen molar-refractivity contribution < 1.29 is 0 Å². The first-order chi connectivity index (χ1) is 10.8. The fraction of sp³-hybridized carbons (Fsp3) is 0.294. The van der Waals surface area contributed by atoms with Crippen molar-refractivity contribution in [3.63, 3.8) is 0 Å². The van der Waals surface area contributed by atoms with Crippen molar-refractivity contribution in [2.45, 2.75) is 36.3 Å². The monoisotopic (exact) mass is 327 g/mol.